The number of piperazine rings is 1. The molecule has 0 aromatic heterocycles. The second-order valence-corrected chi connectivity index (χ2v) is 6.61. The minimum atomic E-state index is -0.859. The molecule has 0 aliphatic carbocycles. The zero-order chi connectivity index (χ0) is 18.0. The average Bonchev–Trinajstić information content (AvgIpc) is 2.85. The fourth-order valence-electron chi connectivity index (χ4n) is 3.67. The second kappa shape index (κ2) is 7.33. The van der Waals surface area contributed by atoms with Gasteiger partial charge in [0.1, 0.15) is 32.0 Å². The molecule has 0 spiro atoms. The van der Waals surface area contributed by atoms with Crippen LogP contribution in [0.4, 0.5) is 4.39 Å². The van der Waals surface area contributed by atoms with Gasteiger partial charge in [-0.05, 0) is 13.0 Å². The molecular formula is C18H24FN3O3+2. The van der Waals surface area contributed by atoms with E-state index in [9.17, 15) is 19.1 Å². The van der Waals surface area contributed by atoms with E-state index in [0.717, 1.165) is 26.2 Å². The molecule has 3 rings (SSSR count). The minimum Gasteiger partial charge on any atom is -0.503 e. The van der Waals surface area contributed by atoms with Crippen LogP contribution in [0.2, 0.25) is 0 Å². The van der Waals surface area contributed by atoms with E-state index >= 15 is 0 Å². The number of nitrogens with zero attached hydrogens (tertiary/aromatic N) is 1. The van der Waals surface area contributed by atoms with E-state index in [-0.39, 0.29) is 11.1 Å². The Morgan fingerprint density at radius 2 is 2.04 bits per heavy atom. The van der Waals surface area contributed by atoms with Crippen LogP contribution in [0.25, 0.3) is 0 Å². The molecule has 7 heteroatoms. The van der Waals surface area contributed by atoms with Gasteiger partial charge in [-0.15, -0.1) is 0 Å². The van der Waals surface area contributed by atoms with Crippen LogP contribution in [0.1, 0.15) is 18.5 Å². The van der Waals surface area contributed by atoms with Gasteiger partial charge in [-0.25, -0.2) is 4.39 Å². The summed E-state index contributed by atoms with van der Waals surface area (Å²) in [6.07, 6.45) is 0. The normalized spacial score (nSPS) is 21.9. The van der Waals surface area contributed by atoms with Gasteiger partial charge in [0.15, 0.2) is 11.5 Å². The van der Waals surface area contributed by atoms with Crippen LogP contribution in [0, 0.1) is 5.82 Å². The molecular weight excluding hydrogens is 325 g/mol. The Morgan fingerprint density at radius 3 is 2.68 bits per heavy atom. The zero-order valence-electron chi connectivity index (χ0n) is 14.3. The van der Waals surface area contributed by atoms with E-state index in [1.165, 1.54) is 22.8 Å². The van der Waals surface area contributed by atoms with Crippen LogP contribution >= 0.6 is 0 Å². The standard InChI is InChI=1S/C18H22FN3O3/c1-12(23)15-16(13-4-2-3-5-14(13)19)22(18(25)17(15)24)11-10-21-8-6-20-7-9-21/h2-5,16,20,24H,6-11H2,1H3/p+2/t16-/m0/s1. The predicted octanol–water partition coefficient (Wildman–Crippen LogP) is -1.43. The number of benzene rings is 1. The maximum Gasteiger partial charge on any atom is 0.290 e. The van der Waals surface area contributed by atoms with Crippen LogP contribution in [-0.2, 0) is 9.59 Å². The van der Waals surface area contributed by atoms with Gasteiger partial charge in [-0.1, -0.05) is 18.2 Å². The fraction of sp³-hybridized carbons (Fsp3) is 0.444. The average molecular weight is 349 g/mol. The summed E-state index contributed by atoms with van der Waals surface area (Å²) in [5, 5.41) is 12.4. The van der Waals surface area contributed by atoms with Crippen molar-refractivity contribution in [1.82, 2.24) is 4.90 Å². The third-order valence-corrected chi connectivity index (χ3v) is 4.99. The molecule has 2 aliphatic heterocycles. The summed E-state index contributed by atoms with van der Waals surface area (Å²) in [5.41, 5.74) is 0.226. The largest absolute Gasteiger partial charge is 0.503 e. The van der Waals surface area contributed by atoms with Crippen molar-refractivity contribution >= 4 is 11.7 Å². The first-order valence-electron chi connectivity index (χ1n) is 8.65. The molecule has 0 bridgehead atoms. The Balaban J connectivity index is 1.88. The van der Waals surface area contributed by atoms with Crippen molar-refractivity contribution in [3.8, 4) is 0 Å². The number of ketones is 1. The number of hydrogen-bond donors (Lipinski definition) is 3. The SMILES string of the molecule is CC(=O)C1=C(O)C(=O)N(CC[NH+]2CC[NH2+]CC2)[C@H]1c1ccccc1F. The maximum atomic E-state index is 14.3. The molecule has 25 heavy (non-hydrogen) atoms. The summed E-state index contributed by atoms with van der Waals surface area (Å²) < 4.78 is 14.3. The van der Waals surface area contributed by atoms with Gasteiger partial charge in [0.2, 0.25) is 0 Å². The number of nitrogens with two attached hydrogens (primary N) is 1. The minimum absolute atomic E-state index is 0.0166. The van der Waals surface area contributed by atoms with Crippen molar-refractivity contribution in [3.63, 3.8) is 0 Å². The van der Waals surface area contributed by atoms with E-state index in [1.807, 2.05) is 0 Å². The van der Waals surface area contributed by atoms with Crippen molar-refractivity contribution in [2.45, 2.75) is 13.0 Å². The van der Waals surface area contributed by atoms with Crippen LogP contribution in [-0.4, -0.2) is 61.0 Å². The highest BCUT2D eigenvalue weighted by atomic mass is 19.1. The number of halogens is 1. The van der Waals surface area contributed by atoms with Crippen LogP contribution in [0.15, 0.2) is 35.6 Å². The highest BCUT2D eigenvalue weighted by Gasteiger charge is 2.43. The number of hydrogen-bond acceptors (Lipinski definition) is 3. The van der Waals surface area contributed by atoms with Crippen LogP contribution in [0.3, 0.4) is 0 Å². The highest BCUT2D eigenvalue weighted by Crippen LogP contribution is 2.38. The highest BCUT2D eigenvalue weighted by molar-refractivity contribution is 6.08. The Kier molecular flexibility index (Phi) is 5.15. The van der Waals surface area contributed by atoms with Crippen LogP contribution < -0.4 is 10.2 Å². The predicted molar refractivity (Wildman–Crippen MR) is 88.4 cm³/mol. The molecule has 1 atom stereocenters. The smallest absolute Gasteiger partial charge is 0.290 e. The Bertz CT molecular complexity index is 713. The van der Waals surface area contributed by atoms with Gasteiger partial charge in [0, 0.05) is 5.56 Å². The quantitative estimate of drug-likeness (QED) is 0.610. The number of quaternary nitrogens is 2. The lowest BCUT2D eigenvalue weighted by molar-refractivity contribution is -0.946. The number of aliphatic hydroxyl groups is 1. The lowest BCUT2D eigenvalue weighted by Gasteiger charge is -2.29. The molecule has 6 nitrogen and oxygen atoms in total. The van der Waals surface area contributed by atoms with E-state index in [4.69, 9.17) is 0 Å². The molecule has 1 aromatic rings. The van der Waals surface area contributed by atoms with Gasteiger partial charge in [0.25, 0.3) is 5.91 Å². The lowest BCUT2D eigenvalue weighted by Crippen LogP contribution is -3.20. The van der Waals surface area contributed by atoms with Crippen molar-refractivity contribution in [2.75, 3.05) is 39.3 Å². The number of carbonyl (C=O) groups is 2. The number of carbonyl (C=O) groups excluding carboxylic acids is 2. The Labute approximate surface area is 145 Å². The van der Waals surface area contributed by atoms with Gasteiger partial charge < -0.3 is 20.2 Å². The number of amides is 1. The molecule has 1 saturated heterocycles. The molecule has 0 radical (unpaired) electrons. The zero-order valence-corrected chi connectivity index (χ0v) is 14.3. The second-order valence-electron chi connectivity index (χ2n) is 6.61. The first-order valence-corrected chi connectivity index (χ1v) is 8.65. The molecule has 0 saturated carbocycles. The summed E-state index contributed by atoms with van der Waals surface area (Å²) in [4.78, 5) is 27.3. The summed E-state index contributed by atoms with van der Waals surface area (Å²) in [5.74, 6) is -2.05. The number of nitrogens with one attached hydrogen (secondary N) is 1. The van der Waals surface area contributed by atoms with Gasteiger partial charge in [-0.3, -0.25) is 9.59 Å². The Hall–Kier alpha value is -2.25. The first kappa shape index (κ1) is 17.6. The summed E-state index contributed by atoms with van der Waals surface area (Å²) >= 11 is 0. The third-order valence-electron chi connectivity index (χ3n) is 4.99. The maximum absolute atomic E-state index is 14.3. The molecule has 4 N–H and O–H groups in total. The van der Waals surface area contributed by atoms with E-state index in [2.05, 4.69) is 5.32 Å². The topological polar surface area (TPSA) is 78.7 Å². The first-order chi connectivity index (χ1) is 12.0. The molecule has 134 valence electrons. The number of aliphatic hydroxyl groups excluding tert-OH is 1. The molecule has 2 heterocycles. The van der Waals surface area contributed by atoms with Crippen molar-refractivity contribution in [2.24, 2.45) is 0 Å². The fourth-order valence-corrected chi connectivity index (χ4v) is 3.67. The van der Waals surface area contributed by atoms with E-state index in [1.54, 1.807) is 18.2 Å². The van der Waals surface area contributed by atoms with Crippen LogP contribution in [0.5, 0.6) is 0 Å². The van der Waals surface area contributed by atoms with Gasteiger partial charge in [0.05, 0.1) is 24.7 Å². The van der Waals surface area contributed by atoms with E-state index < -0.39 is 29.3 Å². The molecule has 0 unspecified atom stereocenters. The number of rotatable bonds is 5. The summed E-state index contributed by atoms with van der Waals surface area (Å²) in [7, 11) is 0. The van der Waals surface area contributed by atoms with E-state index in [0.29, 0.717) is 13.1 Å². The lowest BCUT2D eigenvalue weighted by atomic mass is 9.96. The Morgan fingerprint density at radius 1 is 1.36 bits per heavy atom. The van der Waals surface area contributed by atoms with Crippen molar-refractivity contribution in [1.29, 1.82) is 0 Å². The van der Waals surface area contributed by atoms with Gasteiger partial charge in [-0.2, -0.15) is 0 Å². The molecule has 2 aliphatic rings. The van der Waals surface area contributed by atoms with Gasteiger partial charge >= 0.3 is 0 Å². The van der Waals surface area contributed by atoms with Crippen molar-refractivity contribution in [3.05, 3.63) is 47.0 Å². The molecule has 1 fully saturated rings. The third kappa shape index (κ3) is 3.43. The van der Waals surface area contributed by atoms with Crippen molar-refractivity contribution < 1.29 is 29.3 Å². The summed E-state index contributed by atoms with van der Waals surface area (Å²) in [6.45, 7) is 6.47. The monoisotopic (exact) mass is 349 g/mol. The number of Topliss-reactive ketones (excluding diaryl/α,β-unsaturated/α-hetero) is 1. The summed E-state index contributed by atoms with van der Waals surface area (Å²) in [6, 6.07) is 5.23. The molecule has 1 aromatic carbocycles. The molecule has 1 amide bonds.